The van der Waals surface area contributed by atoms with E-state index in [1.165, 1.54) is 41.7 Å². The number of nitro groups is 1. The number of rotatable bonds is 5. The first-order valence-corrected chi connectivity index (χ1v) is 9.85. The minimum absolute atomic E-state index is 0.0515. The van der Waals surface area contributed by atoms with Crippen LogP contribution in [0.1, 0.15) is 26.4 Å². The zero-order valence-corrected chi connectivity index (χ0v) is 16.6. The molecule has 0 unspecified atom stereocenters. The van der Waals surface area contributed by atoms with Crippen LogP contribution in [0.4, 0.5) is 5.69 Å². The molecule has 3 aromatic rings. The fraction of sp³-hybridized carbons (Fsp3) is 0.0909. The number of ether oxygens (including phenoxy) is 2. The van der Waals surface area contributed by atoms with Crippen LogP contribution >= 0.6 is 11.3 Å². The predicted octanol–water partition coefficient (Wildman–Crippen LogP) is 4.73. The first kappa shape index (κ1) is 19.5. The number of fused-ring (bicyclic) bond motifs is 1. The molecule has 2 aromatic carbocycles. The Morgan fingerprint density at radius 2 is 2.07 bits per heavy atom. The number of carbonyl (C=O) groups excluding carboxylic acids is 2. The molecular formula is C22H15NO6S. The second-order valence-electron chi connectivity index (χ2n) is 6.64. The largest absolute Gasteiger partial charge is 0.452 e. The van der Waals surface area contributed by atoms with Crippen LogP contribution in [0.5, 0.6) is 11.5 Å². The van der Waals surface area contributed by atoms with Crippen molar-refractivity contribution in [2.75, 3.05) is 0 Å². The van der Waals surface area contributed by atoms with Crippen molar-refractivity contribution in [3.05, 3.63) is 91.4 Å². The number of hydrogen-bond donors (Lipinski definition) is 0. The van der Waals surface area contributed by atoms with E-state index < -0.39 is 10.9 Å². The molecule has 0 aliphatic carbocycles. The summed E-state index contributed by atoms with van der Waals surface area (Å²) in [4.78, 5) is 36.2. The molecule has 0 N–H and O–H groups in total. The summed E-state index contributed by atoms with van der Waals surface area (Å²) in [5, 5.41) is 12.8. The summed E-state index contributed by atoms with van der Waals surface area (Å²) in [5.41, 5.74) is 1.38. The van der Waals surface area contributed by atoms with Crippen molar-refractivity contribution in [1.29, 1.82) is 0 Å². The first-order valence-electron chi connectivity index (χ1n) is 8.97. The average Bonchev–Trinajstić information content (AvgIpc) is 3.30. The minimum atomic E-state index is -0.505. The summed E-state index contributed by atoms with van der Waals surface area (Å²) < 4.78 is 11.1. The monoisotopic (exact) mass is 421 g/mol. The van der Waals surface area contributed by atoms with Crippen molar-refractivity contribution in [1.82, 2.24) is 0 Å². The van der Waals surface area contributed by atoms with Crippen molar-refractivity contribution in [3.63, 3.8) is 0 Å². The summed E-state index contributed by atoms with van der Waals surface area (Å²) in [5.74, 6) is -0.109. The number of aryl methyl sites for hydroxylation is 1. The number of benzene rings is 2. The van der Waals surface area contributed by atoms with Crippen molar-refractivity contribution in [2.24, 2.45) is 0 Å². The van der Waals surface area contributed by atoms with Gasteiger partial charge in [-0.2, -0.15) is 0 Å². The molecule has 8 heteroatoms. The number of allylic oxidation sites excluding steroid dienone is 1. The molecule has 2 heterocycles. The van der Waals surface area contributed by atoms with E-state index in [1.807, 2.05) is 17.5 Å². The Bertz CT molecular complexity index is 1200. The van der Waals surface area contributed by atoms with Gasteiger partial charge in [-0.25, -0.2) is 0 Å². The molecule has 1 aliphatic rings. The molecule has 7 nitrogen and oxygen atoms in total. The van der Waals surface area contributed by atoms with Gasteiger partial charge in [0.2, 0.25) is 5.78 Å². The Labute approximate surface area is 175 Å². The van der Waals surface area contributed by atoms with E-state index in [2.05, 4.69) is 0 Å². The summed E-state index contributed by atoms with van der Waals surface area (Å²) in [6.07, 6.45) is 1.61. The molecule has 0 atom stereocenters. The molecule has 0 fully saturated rings. The van der Waals surface area contributed by atoms with Gasteiger partial charge in [0.15, 0.2) is 5.76 Å². The van der Waals surface area contributed by atoms with Gasteiger partial charge >= 0.3 is 5.97 Å². The Hall–Kier alpha value is -3.78. The highest BCUT2D eigenvalue weighted by molar-refractivity contribution is 7.10. The molecule has 1 aromatic heterocycles. The molecule has 30 heavy (non-hydrogen) atoms. The standard InChI is InChI=1S/C22H15NO6S/c1-13-8-16(28-20(24)12-17-6-3-7-30-17)11-18-21(13)22(25)19(29-18)10-14-4-2-5-15(9-14)23(26)27/h2-11H,12H2,1H3/b19-10-. The number of nitro benzene ring substituents is 1. The van der Waals surface area contributed by atoms with Crippen LogP contribution in [0.25, 0.3) is 6.08 Å². The Kier molecular flexibility index (Phi) is 5.16. The van der Waals surface area contributed by atoms with E-state index in [1.54, 1.807) is 19.1 Å². The number of hydrogen-bond acceptors (Lipinski definition) is 7. The van der Waals surface area contributed by atoms with Crippen molar-refractivity contribution >= 4 is 34.9 Å². The number of nitrogens with zero attached hydrogens (tertiary/aromatic N) is 1. The smallest absolute Gasteiger partial charge is 0.316 e. The molecular weight excluding hydrogens is 406 g/mol. The normalized spacial score (nSPS) is 13.8. The first-order chi connectivity index (χ1) is 14.4. The van der Waals surface area contributed by atoms with Gasteiger partial charge in [0.05, 0.1) is 16.9 Å². The summed E-state index contributed by atoms with van der Waals surface area (Å²) in [6.45, 7) is 1.73. The lowest BCUT2D eigenvalue weighted by Gasteiger charge is -2.07. The van der Waals surface area contributed by atoms with E-state index in [0.29, 0.717) is 16.7 Å². The topological polar surface area (TPSA) is 95.7 Å². The van der Waals surface area contributed by atoms with Crippen LogP contribution in [-0.4, -0.2) is 16.7 Å². The second kappa shape index (κ2) is 7.92. The van der Waals surface area contributed by atoms with Gasteiger partial charge in [-0.15, -0.1) is 11.3 Å². The van der Waals surface area contributed by atoms with Crippen LogP contribution in [-0.2, 0) is 11.2 Å². The summed E-state index contributed by atoms with van der Waals surface area (Å²) >= 11 is 1.47. The van der Waals surface area contributed by atoms with Crippen molar-refractivity contribution in [3.8, 4) is 11.5 Å². The minimum Gasteiger partial charge on any atom is -0.452 e. The Morgan fingerprint density at radius 1 is 1.23 bits per heavy atom. The summed E-state index contributed by atoms with van der Waals surface area (Å²) in [7, 11) is 0. The highest BCUT2D eigenvalue weighted by Crippen LogP contribution is 2.37. The van der Waals surface area contributed by atoms with E-state index in [0.717, 1.165) is 4.88 Å². The van der Waals surface area contributed by atoms with Gasteiger partial charge in [-0.1, -0.05) is 18.2 Å². The number of non-ortho nitro benzene ring substituents is 1. The van der Waals surface area contributed by atoms with Crippen molar-refractivity contribution < 1.29 is 24.0 Å². The zero-order valence-electron chi connectivity index (χ0n) is 15.8. The zero-order chi connectivity index (χ0) is 21.3. The van der Waals surface area contributed by atoms with Gasteiger partial charge < -0.3 is 9.47 Å². The Balaban J connectivity index is 1.57. The maximum absolute atomic E-state index is 12.8. The lowest BCUT2D eigenvalue weighted by atomic mass is 10.0. The summed E-state index contributed by atoms with van der Waals surface area (Å²) in [6, 6.07) is 12.7. The number of thiophene rings is 1. The Morgan fingerprint density at radius 3 is 2.80 bits per heavy atom. The number of esters is 1. The SMILES string of the molecule is Cc1cc(OC(=O)Cc2cccs2)cc2c1C(=O)/C(=C/c1cccc([N+](=O)[O-])c1)O2. The molecule has 0 radical (unpaired) electrons. The van der Waals surface area contributed by atoms with E-state index in [4.69, 9.17) is 9.47 Å². The van der Waals surface area contributed by atoms with Crippen LogP contribution in [0.3, 0.4) is 0 Å². The molecule has 0 saturated carbocycles. The number of Topliss-reactive ketones (excluding diaryl/α,β-unsaturated/α-hetero) is 1. The van der Waals surface area contributed by atoms with Crippen LogP contribution in [0.2, 0.25) is 0 Å². The fourth-order valence-electron chi connectivity index (χ4n) is 3.14. The third-order valence-electron chi connectivity index (χ3n) is 4.45. The van der Waals surface area contributed by atoms with Crippen LogP contribution < -0.4 is 9.47 Å². The van der Waals surface area contributed by atoms with E-state index in [-0.39, 0.29) is 35.1 Å². The van der Waals surface area contributed by atoms with Gasteiger partial charge in [-0.05, 0) is 41.6 Å². The maximum atomic E-state index is 12.8. The molecule has 0 amide bonds. The second-order valence-corrected chi connectivity index (χ2v) is 7.67. The van der Waals surface area contributed by atoms with Gasteiger partial charge in [-0.3, -0.25) is 19.7 Å². The highest BCUT2D eigenvalue weighted by Gasteiger charge is 2.30. The van der Waals surface area contributed by atoms with Crippen LogP contribution in [0.15, 0.2) is 59.7 Å². The lowest BCUT2D eigenvalue weighted by Crippen LogP contribution is -2.10. The lowest BCUT2D eigenvalue weighted by molar-refractivity contribution is -0.384. The van der Waals surface area contributed by atoms with Gasteiger partial charge in [0, 0.05) is 23.1 Å². The number of ketones is 1. The molecule has 0 spiro atoms. The molecule has 1 aliphatic heterocycles. The third kappa shape index (κ3) is 3.99. The fourth-order valence-corrected chi connectivity index (χ4v) is 3.83. The highest BCUT2D eigenvalue weighted by atomic mass is 32.1. The molecule has 150 valence electrons. The maximum Gasteiger partial charge on any atom is 0.316 e. The van der Waals surface area contributed by atoms with Gasteiger partial charge in [0.1, 0.15) is 11.5 Å². The molecule has 0 bridgehead atoms. The molecule has 4 rings (SSSR count). The quantitative estimate of drug-likeness (QED) is 0.194. The van der Waals surface area contributed by atoms with Crippen LogP contribution in [0, 0.1) is 17.0 Å². The van der Waals surface area contributed by atoms with E-state index >= 15 is 0 Å². The predicted molar refractivity (Wildman–Crippen MR) is 111 cm³/mol. The number of carbonyl (C=O) groups is 2. The van der Waals surface area contributed by atoms with Gasteiger partial charge in [0.25, 0.3) is 5.69 Å². The third-order valence-corrected chi connectivity index (χ3v) is 5.33. The van der Waals surface area contributed by atoms with E-state index in [9.17, 15) is 19.7 Å². The molecule has 0 saturated heterocycles. The average molecular weight is 421 g/mol. The van der Waals surface area contributed by atoms with Crippen molar-refractivity contribution in [2.45, 2.75) is 13.3 Å².